The molecule has 0 aliphatic heterocycles. The van der Waals surface area contributed by atoms with Gasteiger partial charge in [-0.05, 0) is 72.1 Å². The van der Waals surface area contributed by atoms with Crippen LogP contribution in [0, 0.1) is 6.92 Å². The molecular weight excluding hydrogens is 358 g/mol. The largest absolute Gasteiger partial charge is 0.478 e. The number of ether oxygens (including phenoxy) is 2. The van der Waals surface area contributed by atoms with Gasteiger partial charge >= 0.3 is 5.97 Å². The topological polar surface area (TPSA) is 48.4 Å². The van der Waals surface area contributed by atoms with E-state index in [2.05, 4.69) is 20.9 Å². The SMILES string of the molecule is Cc1ccc(O[C@H](C)C(=O)O[C@@H](C)Cc2ccncc2)c(Br)c1. The minimum Gasteiger partial charge on any atom is -0.478 e. The molecule has 0 radical (unpaired) electrons. The lowest BCUT2D eigenvalue weighted by molar-refractivity contribution is -0.155. The van der Waals surface area contributed by atoms with Crippen LogP contribution in [0.25, 0.3) is 0 Å². The van der Waals surface area contributed by atoms with Gasteiger partial charge in [-0.1, -0.05) is 6.07 Å². The number of benzene rings is 1. The van der Waals surface area contributed by atoms with Crippen molar-refractivity contribution in [3.63, 3.8) is 0 Å². The molecule has 0 saturated heterocycles. The molecule has 2 aromatic rings. The summed E-state index contributed by atoms with van der Waals surface area (Å²) in [5.74, 6) is 0.251. The van der Waals surface area contributed by atoms with Crippen molar-refractivity contribution < 1.29 is 14.3 Å². The van der Waals surface area contributed by atoms with Gasteiger partial charge in [0.1, 0.15) is 11.9 Å². The number of hydrogen-bond acceptors (Lipinski definition) is 4. The van der Waals surface area contributed by atoms with Gasteiger partial charge in [-0.25, -0.2) is 4.79 Å². The van der Waals surface area contributed by atoms with Crippen molar-refractivity contribution in [2.75, 3.05) is 0 Å². The smallest absolute Gasteiger partial charge is 0.347 e. The summed E-state index contributed by atoms with van der Waals surface area (Å²) in [7, 11) is 0. The maximum atomic E-state index is 12.2. The van der Waals surface area contributed by atoms with Crippen LogP contribution in [0.2, 0.25) is 0 Å². The van der Waals surface area contributed by atoms with Crippen molar-refractivity contribution in [2.24, 2.45) is 0 Å². The Labute approximate surface area is 145 Å². The number of hydrogen-bond donors (Lipinski definition) is 0. The van der Waals surface area contributed by atoms with Crippen LogP contribution in [0.4, 0.5) is 0 Å². The first kappa shape index (κ1) is 17.5. The van der Waals surface area contributed by atoms with E-state index in [4.69, 9.17) is 9.47 Å². The standard InChI is InChI=1S/C18H20BrNO3/c1-12-4-5-17(16(19)10-12)23-14(3)18(21)22-13(2)11-15-6-8-20-9-7-15/h4-10,13-14H,11H2,1-3H3/t13-,14+/m0/s1. The third kappa shape index (κ3) is 5.36. The van der Waals surface area contributed by atoms with Crippen LogP contribution in [0.3, 0.4) is 0 Å². The number of rotatable bonds is 6. The molecule has 1 aromatic carbocycles. The van der Waals surface area contributed by atoms with Crippen molar-refractivity contribution in [2.45, 2.75) is 39.4 Å². The molecule has 4 nitrogen and oxygen atoms in total. The van der Waals surface area contributed by atoms with E-state index in [1.54, 1.807) is 19.3 Å². The zero-order valence-electron chi connectivity index (χ0n) is 13.5. The minimum atomic E-state index is -0.672. The van der Waals surface area contributed by atoms with Gasteiger partial charge in [-0.2, -0.15) is 0 Å². The van der Waals surface area contributed by atoms with Gasteiger partial charge in [0.25, 0.3) is 0 Å². The van der Waals surface area contributed by atoms with Crippen molar-refractivity contribution in [1.82, 2.24) is 4.98 Å². The van der Waals surface area contributed by atoms with E-state index in [0.29, 0.717) is 12.2 Å². The summed E-state index contributed by atoms with van der Waals surface area (Å²) in [6.07, 6.45) is 3.20. The van der Waals surface area contributed by atoms with Gasteiger partial charge in [0.05, 0.1) is 4.47 Å². The summed E-state index contributed by atoms with van der Waals surface area (Å²) >= 11 is 3.44. The van der Waals surface area contributed by atoms with E-state index in [9.17, 15) is 4.79 Å². The Hall–Kier alpha value is -1.88. The zero-order chi connectivity index (χ0) is 16.8. The Bertz CT molecular complexity index is 661. The van der Waals surface area contributed by atoms with E-state index in [1.807, 2.05) is 44.2 Å². The van der Waals surface area contributed by atoms with Crippen molar-refractivity contribution in [1.29, 1.82) is 0 Å². The normalized spacial score (nSPS) is 13.2. The molecule has 0 saturated carbocycles. The maximum absolute atomic E-state index is 12.2. The van der Waals surface area contributed by atoms with Gasteiger partial charge in [0.15, 0.2) is 6.10 Å². The molecule has 0 unspecified atom stereocenters. The molecule has 2 atom stereocenters. The van der Waals surface area contributed by atoms with Gasteiger partial charge < -0.3 is 9.47 Å². The van der Waals surface area contributed by atoms with E-state index in [1.165, 1.54) is 0 Å². The van der Waals surface area contributed by atoms with E-state index >= 15 is 0 Å². The number of carbonyl (C=O) groups is 1. The molecule has 0 spiro atoms. The fourth-order valence-corrected chi connectivity index (χ4v) is 2.71. The summed E-state index contributed by atoms with van der Waals surface area (Å²) in [5.41, 5.74) is 2.19. The number of aryl methyl sites for hydroxylation is 1. The molecule has 1 aromatic heterocycles. The van der Waals surface area contributed by atoms with Crippen LogP contribution >= 0.6 is 15.9 Å². The number of aromatic nitrogens is 1. The molecular formula is C18H20BrNO3. The first-order valence-corrected chi connectivity index (χ1v) is 8.27. The molecule has 5 heteroatoms. The minimum absolute atomic E-state index is 0.225. The van der Waals surface area contributed by atoms with Gasteiger partial charge in [0, 0.05) is 18.8 Å². The Balaban J connectivity index is 1.89. The molecule has 0 N–H and O–H groups in total. The monoisotopic (exact) mass is 377 g/mol. The first-order valence-electron chi connectivity index (χ1n) is 7.48. The highest BCUT2D eigenvalue weighted by Gasteiger charge is 2.20. The summed E-state index contributed by atoms with van der Waals surface area (Å²) < 4.78 is 12.0. The molecule has 0 aliphatic carbocycles. The molecule has 122 valence electrons. The average molecular weight is 378 g/mol. The van der Waals surface area contributed by atoms with Gasteiger partial charge in [0.2, 0.25) is 0 Å². The van der Waals surface area contributed by atoms with Gasteiger partial charge in [-0.3, -0.25) is 4.98 Å². The maximum Gasteiger partial charge on any atom is 0.347 e. The molecule has 0 aliphatic rings. The summed E-state index contributed by atoms with van der Waals surface area (Å²) in [6.45, 7) is 5.55. The number of carbonyl (C=O) groups excluding carboxylic acids is 1. The number of pyridine rings is 1. The van der Waals surface area contributed by atoms with E-state index < -0.39 is 6.10 Å². The molecule has 0 bridgehead atoms. The molecule has 23 heavy (non-hydrogen) atoms. The average Bonchev–Trinajstić information content (AvgIpc) is 2.50. The highest BCUT2D eigenvalue weighted by Crippen LogP contribution is 2.26. The summed E-state index contributed by atoms with van der Waals surface area (Å²) in [6, 6.07) is 9.54. The number of esters is 1. The molecule has 2 rings (SSSR count). The predicted octanol–water partition coefficient (Wildman–Crippen LogP) is 4.09. The quantitative estimate of drug-likeness (QED) is 0.711. The molecule has 1 heterocycles. The third-order valence-electron chi connectivity index (χ3n) is 3.31. The van der Waals surface area contributed by atoms with Crippen LogP contribution in [-0.2, 0) is 16.0 Å². The fourth-order valence-electron chi connectivity index (χ4n) is 2.13. The van der Waals surface area contributed by atoms with Crippen LogP contribution in [-0.4, -0.2) is 23.2 Å². The fraction of sp³-hybridized carbons (Fsp3) is 0.333. The Kier molecular flexibility index (Phi) is 6.16. The van der Waals surface area contributed by atoms with Gasteiger partial charge in [-0.15, -0.1) is 0 Å². The second kappa shape index (κ2) is 8.11. The highest BCUT2D eigenvalue weighted by molar-refractivity contribution is 9.10. The lowest BCUT2D eigenvalue weighted by Gasteiger charge is -2.18. The lowest BCUT2D eigenvalue weighted by Crippen LogP contribution is -2.30. The third-order valence-corrected chi connectivity index (χ3v) is 3.93. The Morgan fingerprint density at radius 1 is 1.22 bits per heavy atom. The Morgan fingerprint density at radius 2 is 1.91 bits per heavy atom. The van der Waals surface area contributed by atoms with Crippen LogP contribution in [0.1, 0.15) is 25.0 Å². The summed E-state index contributed by atoms with van der Waals surface area (Å²) in [4.78, 5) is 16.1. The lowest BCUT2D eigenvalue weighted by atomic mass is 10.1. The predicted molar refractivity (Wildman–Crippen MR) is 92.5 cm³/mol. The van der Waals surface area contributed by atoms with Crippen molar-refractivity contribution >= 4 is 21.9 Å². The van der Waals surface area contributed by atoms with Crippen LogP contribution in [0.5, 0.6) is 5.75 Å². The van der Waals surface area contributed by atoms with Crippen molar-refractivity contribution in [3.8, 4) is 5.75 Å². The van der Waals surface area contributed by atoms with E-state index in [0.717, 1.165) is 15.6 Å². The number of halogens is 1. The second-order valence-electron chi connectivity index (χ2n) is 5.50. The molecule has 0 amide bonds. The highest BCUT2D eigenvalue weighted by atomic mass is 79.9. The number of nitrogens with zero attached hydrogens (tertiary/aromatic N) is 1. The van der Waals surface area contributed by atoms with Crippen LogP contribution in [0.15, 0.2) is 47.2 Å². The Morgan fingerprint density at radius 3 is 2.57 bits per heavy atom. The van der Waals surface area contributed by atoms with Crippen molar-refractivity contribution in [3.05, 3.63) is 58.3 Å². The summed E-state index contributed by atoms with van der Waals surface area (Å²) in [5, 5.41) is 0. The first-order chi connectivity index (χ1) is 11.0. The zero-order valence-corrected chi connectivity index (χ0v) is 15.0. The second-order valence-corrected chi connectivity index (χ2v) is 6.36. The van der Waals surface area contributed by atoms with E-state index in [-0.39, 0.29) is 12.1 Å². The molecule has 0 fully saturated rings. The van der Waals surface area contributed by atoms with Crippen LogP contribution < -0.4 is 4.74 Å².